The summed E-state index contributed by atoms with van der Waals surface area (Å²) in [6, 6.07) is 10.2. The van der Waals surface area contributed by atoms with Crippen molar-refractivity contribution in [1.29, 1.82) is 0 Å². The zero-order valence-corrected chi connectivity index (χ0v) is 24.0. The predicted molar refractivity (Wildman–Crippen MR) is 153 cm³/mol. The molecule has 0 aromatic heterocycles. The quantitative estimate of drug-likeness (QED) is 0.412. The summed E-state index contributed by atoms with van der Waals surface area (Å²) in [5.41, 5.74) is 9.59. The van der Waals surface area contributed by atoms with E-state index in [1.807, 2.05) is 12.1 Å². The number of nitrogens with zero attached hydrogens (tertiary/aromatic N) is 4. The number of carbonyl (C=O) groups is 1. The van der Waals surface area contributed by atoms with Gasteiger partial charge >= 0.3 is 0 Å². The average molecular weight is 550 g/mol. The van der Waals surface area contributed by atoms with Gasteiger partial charge < -0.3 is 15.5 Å². The average Bonchev–Trinajstić information content (AvgIpc) is 3.22. The maximum atomic E-state index is 14.0. The van der Waals surface area contributed by atoms with E-state index in [4.69, 9.17) is 10.7 Å². The molecule has 2 aromatic rings. The van der Waals surface area contributed by atoms with E-state index in [-0.39, 0.29) is 5.91 Å². The summed E-state index contributed by atoms with van der Waals surface area (Å²) < 4.78 is 27.3. The van der Waals surface area contributed by atoms with E-state index in [1.165, 1.54) is 25.0 Å². The van der Waals surface area contributed by atoms with Gasteiger partial charge in [-0.05, 0) is 78.7 Å². The fraction of sp³-hybridized carbons (Fsp3) is 0.562. The smallest absolute Gasteiger partial charge is 0.254 e. The molecule has 4 fully saturated rings. The number of halogens is 2. The van der Waals surface area contributed by atoms with Crippen LogP contribution in [0.2, 0.25) is 0 Å². The number of guanidine groups is 1. The van der Waals surface area contributed by atoms with E-state index < -0.39 is 11.6 Å². The van der Waals surface area contributed by atoms with Gasteiger partial charge in [-0.1, -0.05) is 32.9 Å². The maximum absolute atomic E-state index is 14.0. The van der Waals surface area contributed by atoms with Crippen molar-refractivity contribution in [2.24, 2.45) is 33.9 Å². The molecule has 214 valence electrons. The van der Waals surface area contributed by atoms with Crippen LogP contribution < -0.4 is 5.73 Å². The Morgan fingerprint density at radius 3 is 2.60 bits per heavy atom. The number of benzene rings is 2. The highest BCUT2D eigenvalue weighted by atomic mass is 19.1. The number of carbonyl (C=O) groups excluding carboxylic acids is 1. The fourth-order valence-corrected chi connectivity index (χ4v) is 8.01. The van der Waals surface area contributed by atoms with E-state index in [0.29, 0.717) is 59.8 Å². The van der Waals surface area contributed by atoms with Gasteiger partial charge in [0.2, 0.25) is 0 Å². The summed E-state index contributed by atoms with van der Waals surface area (Å²) in [4.78, 5) is 24.4. The second kappa shape index (κ2) is 10.1. The van der Waals surface area contributed by atoms with E-state index in [1.54, 1.807) is 11.0 Å². The second-order valence-electron chi connectivity index (χ2n) is 13.1. The van der Waals surface area contributed by atoms with Crippen LogP contribution in [0.3, 0.4) is 0 Å². The molecule has 7 rings (SSSR count). The Labute approximate surface area is 236 Å². The molecule has 1 saturated heterocycles. The largest absolute Gasteiger partial charge is 0.369 e. The number of nitrogens with two attached hydrogens (primary N) is 1. The van der Waals surface area contributed by atoms with Gasteiger partial charge in [0.25, 0.3) is 5.91 Å². The molecule has 5 aliphatic rings. The van der Waals surface area contributed by atoms with Crippen molar-refractivity contribution >= 4 is 17.6 Å². The summed E-state index contributed by atoms with van der Waals surface area (Å²) in [5.74, 6) is 1.60. The first-order valence-corrected chi connectivity index (χ1v) is 14.7. The van der Waals surface area contributed by atoms with Crippen molar-refractivity contribution in [3.05, 3.63) is 64.7 Å². The maximum Gasteiger partial charge on any atom is 0.254 e. The molecule has 6 nitrogen and oxygen atoms in total. The minimum atomic E-state index is -0.603. The van der Waals surface area contributed by atoms with Gasteiger partial charge in [-0.15, -0.1) is 0 Å². The lowest BCUT2D eigenvalue weighted by molar-refractivity contribution is -0.147. The summed E-state index contributed by atoms with van der Waals surface area (Å²) in [5, 5.41) is 0. The van der Waals surface area contributed by atoms with Crippen LogP contribution in [0, 0.1) is 34.8 Å². The molecule has 2 aromatic carbocycles. The number of fused-ring (bicyclic) bond motifs is 3. The van der Waals surface area contributed by atoms with Crippen LogP contribution in [0.25, 0.3) is 0 Å². The van der Waals surface area contributed by atoms with Crippen molar-refractivity contribution < 1.29 is 13.6 Å². The van der Waals surface area contributed by atoms with Gasteiger partial charge in [0.05, 0.1) is 5.69 Å². The lowest BCUT2D eigenvalue weighted by Crippen LogP contribution is -2.65. The topological polar surface area (TPSA) is 65.2 Å². The Bertz CT molecular complexity index is 1340. The Morgan fingerprint density at radius 2 is 1.90 bits per heavy atom. The molecule has 5 atom stereocenters. The zero-order chi connectivity index (χ0) is 28.3. The summed E-state index contributed by atoms with van der Waals surface area (Å²) >= 11 is 0. The summed E-state index contributed by atoms with van der Waals surface area (Å²) in [7, 11) is 0. The van der Waals surface area contributed by atoms with Gasteiger partial charge in [-0.2, -0.15) is 0 Å². The first-order chi connectivity index (χ1) is 19.0. The number of rotatable bonds is 5. The Morgan fingerprint density at radius 1 is 1.10 bits per heavy atom. The molecule has 0 unspecified atom stereocenters. The van der Waals surface area contributed by atoms with Gasteiger partial charge in [-0.3, -0.25) is 9.69 Å². The number of hydrogen-bond donors (Lipinski definition) is 1. The fourth-order valence-electron chi connectivity index (χ4n) is 8.01. The Kier molecular flexibility index (Phi) is 6.88. The van der Waals surface area contributed by atoms with Gasteiger partial charge in [-0.25, -0.2) is 13.8 Å². The van der Waals surface area contributed by atoms with Crippen molar-refractivity contribution in [3.63, 3.8) is 0 Å². The van der Waals surface area contributed by atoms with Crippen LogP contribution in [0.4, 0.5) is 14.5 Å². The highest BCUT2D eigenvalue weighted by Crippen LogP contribution is 2.62. The third-order valence-corrected chi connectivity index (χ3v) is 10.6. The van der Waals surface area contributed by atoms with Crippen LogP contribution in [0.15, 0.2) is 41.4 Å². The number of aliphatic imine (C=N–C) groups is 1. The highest BCUT2D eigenvalue weighted by Gasteiger charge is 2.57. The number of amides is 1. The molecule has 3 saturated carbocycles. The van der Waals surface area contributed by atoms with Crippen LogP contribution in [-0.2, 0) is 13.0 Å². The monoisotopic (exact) mass is 549 g/mol. The summed E-state index contributed by atoms with van der Waals surface area (Å²) in [6.07, 6.45) is 3.02. The third-order valence-electron chi connectivity index (χ3n) is 10.6. The predicted octanol–water partition coefficient (Wildman–Crippen LogP) is 5.19. The molecule has 1 amide bonds. The first kappa shape index (κ1) is 27.2. The number of hydrogen-bond acceptors (Lipinski definition) is 3. The highest BCUT2D eigenvalue weighted by molar-refractivity contribution is 5.99. The van der Waals surface area contributed by atoms with E-state index in [0.717, 1.165) is 49.0 Å². The van der Waals surface area contributed by atoms with E-state index >= 15 is 0 Å². The van der Waals surface area contributed by atoms with E-state index in [9.17, 15) is 13.6 Å². The van der Waals surface area contributed by atoms with Crippen molar-refractivity contribution in [1.82, 2.24) is 14.7 Å². The molecule has 0 radical (unpaired) electrons. The minimum Gasteiger partial charge on any atom is -0.369 e. The summed E-state index contributed by atoms with van der Waals surface area (Å²) in [6.45, 7) is 13.2. The van der Waals surface area contributed by atoms with Crippen LogP contribution in [0.1, 0.15) is 62.0 Å². The molecule has 2 aliphatic heterocycles. The minimum absolute atomic E-state index is 0.0989. The van der Waals surface area contributed by atoms with Crippen LogP contribution in [0.5, 0.6) is 0 Å². The van der Waals surface area contributed by atoms with E-state index in [2.05, 4.69) is 37.5 Å². The standard InChI is InChI=1S/C32H41F2N5O/c1-19-17-38(11-12-39(19)29-14-23-13-27(20(29)2)32(23,3)4)31(35)36-25-8-6-22-18-37(30(40)26(22)16-25)10-9-21-5-7-24(33)15-28(21)34/h5-8,15-16,19-20,23,27,29H,9-14,17-18H2,1-4H3,(H2,35,36)/t19-,20+,23-,27-,29-/m0/s1. The van der Waals surface area contributed by atoms with Crippen molar-refractivity contribution in [3.8, 4) is 0 Å². The van der Waals surface area contributed by atoms with Crippen LogP contribution in [-0.4, -0.2) is 64.8 Å². The molecule has 2 heterocycles. The molecule has 2 bridgehead atoms. The van der Waals surface area contributed by atoms with Gasteiger partial charge in [0, 0.05) is 56.4 Å². The van der Waals surface area contributed by atoms with Gasteiger partial charge in [0.15, 0.2) is 5.96 Å². The first-order valence-electron chi connectivity index (χ1n) is 14.7. The zero-order valence-electron chi connectivity index (χ0n) is 24.0. The SMILES string of the molecule is C[C@H]1[C@@H](N2CCN(C(N)=Nc3ccc4c(c3)C(=O)N(CCc3ccc(F)cc3F)C4)C[C@@H]2C)C[C@@H]2C[C@@H]1C2(C)C. The lowest BCUT2D eigenvalue weighted by atomic mass is 9.44. The number of piperazine rings is 1. The molecular weight excluding hydrogens is 508 g/mol. The Hall–Kier alpha value is -3.00. The Balaban J connectivity index is 1.07. The molecule has 2 N–H and O–H groups in total. The normalized spacial score (nSPS) is 29.9. The second-order valence-corrected chi connectivity index (χ2v) is 13.1. The van der Waals surface area contributed by atoms with Crippen molar-refractivity contribution in [2.45, 2.75) is 65.6 Å². The molecule has 8 heteroatoms. The van der Waals surface area contributed by atoms with Crippen molar-refractivity contribution in [2.75, 3.05) is 26.2 Å². The molecule has 3 aliphatic carbocycles. The molecular formula is C32H41F2N5O. The van der Waals surface area contributed by atoms with Gasteiger partial charge in [0.1, 0.15) is 11.6 Å². The molecule has 0 spiro atoms. The third kappa shape index (κ3) is 4.68. The molecule has 40 heavy (non-hydrogen) atoms. The van der Waals surface area contributed by atoms with Crippen LogP contribution >= 0.6 is 0 Å². The lowest BCUT2D eigenvalue weighted by Gasteiger charge is -2.64.